The molecular weight excluding hydrogens is 312 g/mol. The minimum Gasteiger partial charge on any atom is -0.550 e. The summed E-state index contributed by atoms with van der Waals surface area (Å²) in [5, 5.41) is 10.2. The molecule has 0 atom stereocenters. The van der Waals surface area contributed by atoms with Gasteiger partial charge in [-0.3, -0.25) is 0 Å². The summed E-state index contributed by atoms with van der Waals surface area (Å²) < 4.78 is 0. The zero-order chi connectivity index (χ0) is 14.9. The van der Waals surface area contributed by atoms with Crippen molar-refractivity contribution < 1.29 is 27.0 Å². The second kappa shape index (κ2) is 19.7. The predicted octanol–water partition coefficient (Wildman–Crippen LogP) is 4.77. The largest absolute Gasteiger partial charge is 1.00 e. The van der Waals surface area contributed by atoms with Gasteiger partial charge in [-0.15, -0.1) is 0 Å². The molecule has 0 aliphatic heterocycles. The molecule has 0 fully saturated rings. The van der Waals surface area contributed by atoms with Crippen molar-refractivity contribution in [2.24, 2.45) is 0 Å². The zero-order valence-electron chi connectivity index (χ0n) is 13.7. The van der Waals surface area contributed by atoms with Crippen LogP contribution in [-0.4, -0.2) is 5.97 Å². The Morgan fingerprint density at radius 3 is 1.67 bits per heavy atom. The van der Waals surface area contributed by atoms with Crippen LogP contribution in [0.15, 0.2) is 12.2 Å². The Morgan fingerprint density at radius 1 is 0.762 bits per heavy atom. The van der Waals surface area contributed by atoms with Gasteiger partial charge < -0.3 is 9.90 Å². The molecule has 21 heavy (non-hydrogen) atoms. The molecule has 128 valence electrons. The molecule has 0 amide bonds. The fraction of sp³-hybridized carbons (Fsp3) is 0.833. The number of rotatable bonds is 15. The maximum absolute atomic E-state index is 10.2. The summed E-state index contributed by atoms with van der Waals surface area (Å²) in [4.78, 5) is 10.2. The van der Waals surface area contributed by atoms with Crippen LogP contribution in [0.4, 0.5) is 0 Å². The third-order valence-electron chi connectivity index (χ3n) is 3.64. The van der Waals surface area contributed by atoms with Gasteiger partial charge in [0.2, 0.25) is 0 Å². The van der Waals surface area contributed by atoms with E-state index in [0.29, 0.717) is 0 Å². The molecule has 0 aromatic carbocycles. The minimum absolute atomic E-state index is 0. The summed E-state index contributed by atoms with van der Waals surface area (Å²) in [6.45, 7) is 2.26. The van der Waals surface area contributed by atoms with E-state index < -0.39 is 5.97 Å². The minimum atomic E-state index is -0.914. The molecule has 0 bridgehead atoms. The van der Waals surface area contributed by atoms with Crippen LogP contribution in [0, 0.1) is 0 Å². The normalized spacial score (nSPS) is 10.7. The number of hydrogen-bond donors (Lipinski definition) is 0. The van der Waals surface area contributed by atoms with E-state index in [0.717, 1.165) is 19.3 Å². The quantitative estimate of drug-likeness (QED) is 0.244. The fourth-order valence-electron chi connectivity index (χ4n) is 2.34. The van der Waals surface area contributed by atoms with Gasteiger partial charge in [-0.25, -0.2) is 0 Å². The van der Waals surface area contributed by atoms with Crippen LogP contribution >= 0.6 is 0 Å². The van der Waals surface area contributed by atoms with E-state index in [9.17, 15) is 9.90 Å². The molecular formula is C18H33CuO2. The van der Waals surface area contributed by atoms with Crippen molar-refractivity contribution in [3.8, 4) is 0 Å². The molecule has 0 radical (unpaired) electrons. The zero-order valence-corrected chi connectivity index (χ0v) is 14.6. The van der Waals surface area contributed by atoms with E-state index >= 15 is 0 Å². The number of carbonyl (C=O) groups excluding carboxylic acids is 1. The Morgan fingerprint density at radius 2 is 1.19 bits per heavy atom. The van der Waals surface area contributed by atoms with Gasteiger partial charge in [0.25, 0.3) is 0 Å². The van der Waals surface area contributed by atoms with Crippen molar-refractivity contribution in [1.29, 1.82) is 0 Å². The van der Waals surface area contributed by atoms with Crippen LogP contribution in [0.25, 0.3) is 0 Å². The molecule has 0 aliphatic rings. The number of hydrogen-bond acceptors (Lipinski definition) is 2. The fourth-order valence-corrected chi connectivity index (χ4v) is 2.34. The number of carboxylic acids is 1. The van der Waals surface area contributed by atoms with Gasteiger partial charge >= 0.3 is 17.1 Å². The first-order valence-corrected chi connectivity index (χ1v) is 8.62. The third-order valence-corrected chi connectivity index (χ3v) is 3.64. The second-order valence-electron chi connectivity index (χ2n) is 5.71. The van der Waals surface area contributed by atoms with Crippen LogP contribution in [-0.2, 0) is 21.9 Å². The molecule has 0 saturated carbocycles. The van der Waals surface area contributed by atoms with E-state index in [1.165, 1.54) is 64.2 Å². The van der Waals surface area contributed by atoms with Crippen LogP contribution in [0.3, 0.4) is 0 Å². The van der Waals surface area contributed by atoms with E-state index in [-0.39, 0.29) is 23.5 Å². The van der Waals surface area contributed by atoms with Crippen LogP contribution in [0.1, 0.15) is 96.8 Å². The molecule has 0 aromatic heterocycles. The maximum Gasteiger partial charge on any atom is 1.00 e. The van der Waals surface area contributed by atoms with Gasteiger partial charge in [-0.1, -0.05) is 70.4 Å². The van der Waals surface area contributed by atoms with Gasteiger partial charge in [0.1, 0.15) is 0 Å². The third kappa shape index (κ3) is 22.2. The molecule has 0 saturated heterocycles. The van der Waals surface area contributed by atoms with E-state index in [1.807, 2.05) is 0 Å². The second-order valence-corrected chi connectivity index (χ2v) is 5.71. The molecule has 0 rings (SSSR count). The summed E-state index contributed by atoms with van der Waals surface area (Å²) in [5.74, 6) is -0.914. The molecule has 0 N–H and O–H groups in total. The topological polar surface area (TPSA) is 40.1 Å². The van der Waals surface area contributed by atoms with Gasteiger partial charge in [-0.05, 0) is 38.5 Å². The average Bonchev–Trinajstić information content (AvgIpc) is 2.43. The molecule has 0 spiro atoms. The number of allylic oxidation sites excluding steroid dienone is 2. The van der Waals surface area contributed by atoms with Crippen molar-refractivity contribution in [1.82, 2.24) is 0 Å². The standard InChI is InChI=1S/C18H34O2.Cu/c1-2-3-4-5-6-7-8-9-10-11-12-13-14-15-16-17-18(19)20;/h9-10H,2-8,11-17H2,1H3,(H,19,20);/q;+1/p-1/b10-9-;. The number of carbonyl (C=O) groups is 1. The molecule has 0 aromatic rings. The van der Waals surface area contributed by atoms with Gasteiger partial charge in [0.05, 0.1) is 0 Å². The summed E-state index contributed by atoms with van der Waals surface area (Å²) >= 11 is 0. The van der Waals surface area contributed by atoms with Crippen molar-refractivity contribution in [3.63, 3.8) is 0 Å². The first-order valence-electron chi connectivity index (χ1n) is 8.62. The number of carboxylic acid groups (broad SMARTS) is 1. The Bertz CT molecular complexity index is 239. The maximum atomic E-state index is 10.2. The summed E-state index contributed by atoms with van der Waals surface area (Å²) in [5.41, 5.74) is 0. The van der Waals surface area contributed by atoms with Crippen molar-refractivity contribution in [2.45, 2.75) is 96.8 Å². The van der Waals surface area contributed by atoms with Gasteiger partial charge in [-0.2, -0.15) is 0 Å². The Kier molecular flexibility index (Phi) is 21.6. The van der Waals surface area contributed by atoms with E-state index in [1.54, 1.807) is 0 Å². The molecule has 0 aliphatic carbocycles. The van der Waals surface area contributed by atoms with Crippen LogP contribution < -0.4 is 5.11 Å². The Labute approximate surface area is 142 Å². The van der Waals surface area contributed by atoms with E-state index in [2.05, 4.69) is 19.1 Å². The number of aliphatic carboxylic acids is 1. The first-order chi connectivity index (χ1) is 9.77. The molecule has 0 heterocycles. The smallest absolute Gasteiger partial charge is 0.550 e. The van der Waals surface area contributed by atoms with Crippen molar-refractivity contribution in [3.05, 3.63) is 12.2 Å². The average molecular weight is 345 g/mol. The Hall–Kier alpha value is -0.271. The monoisotopic (exact) mass is 344 g/mol. The molecule has 3 heteroatoms. The molecule has 2 nitrogen and oxygen atoms in total. The van der Waals surface area contributed by atoms with Crippen LogP contribution in [0.2, 0.25) is 0 Å². The predicted molar refractivity (Wildman–Crippen MR) is 84.5 cm³/mol. The van der Waals surface area contributed by atoms with Crippen LogP contribution in [0.5, 0.6) is 0 Å². The van der Waals surface area contributed by atoms with Gasteiger partial charge in [0, 0.05) is 5.97 Å². The van der Waals surface area contributed by atoms with E-state index in [4.69, 9.17) is 0 Å². The van der Waals surface area contributed by atoms with Crippen molar-refractivity contribution in [2.75, 3.05) is 0 Å². The first kappa shape index (κ1) is 23.0. The summed E-state index contributed by atoms with van der Waals surface area (Å²) in [6, 6.07) is 0. The Balaban J connectivity index is 0. The summed E-state index contributed by atoms with van der Waals surface area (Å²) in [7, 11) is 0. The number of unbranched alkanes of at least 4 members (excludes halogenated alkanes) is 11. The summed E-state index contributed by atoms with van der Waals surface area (Å²) in [6.07, 6.45) is 20.9. The SMILES string of the molecule is CCCCCCCC/C=C\CCCCCCCC(=O)[O-].[Cu+]. The molecule has 0 unspecified atom stereocenters. The van der Waals surface area contributed by atoms with Gasteiger partial charge in [0.15, 0.2) is 0 Å². The van der Waals surface area contributed by atoms with Crippen molar-refractivity contribution >= 4 is 5.97 Å².